The first-order valence-corrected chi connectivity index (χ1v) is 11.1. The van der Waals surface area contributed by atoms with Gasteiger partial charge in [0.25, 0.3) is 0 Å². The van der Waals surface area contributed by atoms with Gasteiger partial charge in [-0.05, 0) is 51.3 Å². The molecular weight excluding hydrogens is 388 g/mol. The molecule has 1 saturated heterocycles. The van der Waals surface area contributed by atoms with Gasteiger partial charge in [-0.1, -0.05) is 12.1 Å². The third-order valence-corrected chi connectivity index (χ3v) is 6.24. The molecule has 0 radical (unpaired) electrons. The van der Waals surface area contributed by atoms with Crippen molar-refractivity contribution in [3.63, 3.8) is 0 Å². The van der Waals surface area contributed by atoms with Crippen molar-refractivity contribution in [2.24, 2.45) is 13.0 Å². The van der Waals surface area contributed by atoms with Crippen molar-refractivity contribution in [1.29, 1.82) is 0 Å². The lowest BCUT2D eigenvalue weighted by atomic mass is 9.98. The highest BCUT2D eigenvalue weighted by atomic mass is 16.5. The Morgan fingerprint density at radius 3 is 2.77 bits per heavy atom. The fourth-order valence-corrected chi connectivity index (χ4v) is 4.25. The molecule has 6 heteroatoms. The van der Waals surface area contributed by atoms with Crippen LogP contribution < -0.4 is 0 Å². The zero-order valence-corrected chi connectivity index (χ0v) is 19.0. The summed E-state index contributed by atoms with van der Waals surface area (Å²) in [5.41, 5.74) is 3.05. The summed E-state index contributed by atoms with van der Waals surface area (Å²) >= 11 is 0. The lowest BCUT2D eigenvalue weighted by Gasteiger charge is -2.16. The number of carbonyl (C=O) groups excluding carboxylic acids is 1. The molecule has 0 saturated carbocycles. The summed E-state index contributed by atoms with van der Waals surface area (Å²) in [6.45, 7) is 9.52. The van der Waals surface area contributed by atoms with Crippen molar-refractivity contribution in [1.82, 2.24) is 19.4 Å². The van der Waals surface area contributed by atoms with Gasteiger partial charge in [0.15, 0.2) is 0 Å². The molecule has 1 atom stereocenters. The van der Waals surface area contributed by atoms with Crippen molar-refractivity contribution in [3.05, 3.63) is 48.2 Å². The fraction of sp³-hybridized carbons (Fsp3) is 0.480. The molecule has 164 valence electrons. The Hall–Kier alpha value is -2.57. The molecule has 0 aliphatic carbocycles. The van der Waals surface area contributed by atoms with E-state index >= 15 is 0 Å². The van der Waals surface area contributed by atoms with Crippen LogP contribution in [0.2, 0.25) is 0 Å². The second kappa shape index (κ2) is 9.28. The van der Waals surface area contributed by atoms with Crippen LogP contribution >= 0.6 is 0 Å². The molecule has 0 bridgehead atoms. The molecule has 3 aromatic rings. The van der Waals surface area contributed by atoms with Crippen LogP contribution in [0.4, 0.5) is 0 Å². The first-order chi connectivity index (χ1) is 14.9. The standard InChI is InChI=1S/C25H32N4O2/c1-17(2)31-10-9-29-8-7-21(16-29)25(30)13-23-12-22-11-19(5-6-20(22)14-27-23)24-15-26-18(3)28(24)4/h5-6,11-12,14-15,17,21H,7-10,13,16H2,1-4H3. The Morgan fingerprint density at radius 2 is 2.03 bits per heavy atom. The maximum Gasteiger partial charge on any atom is 0.143 e. The summed E-state index contributed by atoms with van der Waals surface area (Å²) in [6.07, 6.45) is 5.35. The number of ether oxygens (including phenoxy) is 1. The van der Waals surface area contributed by atoms with Crippen LogP contribution in [-0.4, -0.2) is 57.6 Å². The Balaban J connectivity index is 1.42. The van der Waals surface area contributed by atoms with E-state index in [-0.39, 0.29) is 17.8 Å². The lowest BCUT2D eigenvalue weighted by Crippen LogP contribution is -2.28. The molecule has 0 N–H and O–H groups in total. The number of hydrogen-bond acceptors (Lipinski definition) is 5. The average molecular weight is 421 g/mol. The third kappa shape index (κ3) is 5.02. The topological polar surface area (TPSA) is 60.3 Å². The minimum atomic E-state index is 0.0975. The largest absolute Gasteiger partial charge is 0.377 e. The molecule has 1 unspecified atom stereocenters. The third-order valence-electron chi connectivity index (χ3n) is 6.24. The first-order valence-electron chi connectivity index (χ1n) is 11.1. The van der Waals surface area contributed by atoms with Gasteiger partial charge >= 0.3 is 0 Å². The minimum Gasteiger partial charge on any atom is -0.377 e. The number of hydrogen-bond donors (Lipinski definition) is 0. The van der Waals surface area contributed by atoms with E-state index < -0.39 is 0 Å². The van der Waals surface area contributed by atoms with Gasteiger partial charge in [-0.25, -0.2) is 4.98 Å². The zero-order chi connectivity index (χ0) is 22.0. The van der Waals surface area contributed by atoms with E-state index in [1.165, 1.54) is 0 Å². The van der Waals surface area contributed by atoms with Gasteiger partial charge in [0, 0.05) is 55.3 Å². The molecule has 1 aromatic carbocycles. The maximum absolute atomic E-state index is 12.9. The average Bonchev–Trinajstić information content (AvgIpc) is 3.34. The van der Waals surface area contributed by atoms with Gasteiger partial charge in [0.05, 0.1) is 24.6 Å². The number of imidazole rings is 1. The lowest BCUT2D eigenvalue weighted by molar-refractivity contribution is -0.121. The number of ketones is 1. The molecule has 4 rings (SSSR count). The molecule has 31 heavy (non-hydrogen) atoms. The van der Waals surface area contributed by atoms with Crippen LogP contribution in [0.5, 0.6) is 0 Å². The molecule has 1 aliphatic heterocycles. The number of Topliss-reactive ketones (excluding diaryl/α,β-unsaturated/α-hetero) is 1. The SMILES string of the molecule is Cc1ncc(-c2ccc3cnc(CC(=O)C4CCN(CCOC(C)C)C4)cc3c2)n1C. The summed E-state index contributed by atoms with van der Waals surface area (Å²) in [6, 6.07) is 8.40. The molecular formula is C25H32N4O2. The number of benzene rings is 1. The molecule has 2 aromatic heterocycles. The van der Waals surface area contributed by atoms with Crippen molar-refractivity contribution in [2.45, 2.75) is 39.7 Å². The summed E-state index contributed by atoms with van der Waals surface area (Å²) < 4.78 is 7.73. The Kier molecular flexibility index (Phi) is 6.49. The Morgan fingerprint density at radius 1 is 1.19 bits per heavy atom. The van der Waals surface area contributed by atoms with Crippen molar-refractivity contribution < 1.29 is 9.53 Å². The second-order valence-corrected chi connectivity index (χ2v) is 8.84. The van der Waals surface area contributed by atoms with Crippen LogP contribution in [-0.2, 0) is 23.0 Å². The quantitative estimate of drug-likeness (QED) is 0.555. The van der Waals surface area contributed by atoms with Gasteiger partial charge in [-0.3, -0.25) is 9.78 Å². The van der Waals surface area contributed by atoms with E-state index in [0.29, 0.717) is 6.42 Å². The zero-order valence-electron chi connectivity index (χ0n) is 19.0. The number of nitrogens with zero attached hydrogens (tertiary/aromatic N) is 4. The monoisotopic (exact) mass is 420 g/mol. The molecule has 6 nitrogen and oxygen atoms in total. The molecule has 1 fully saturated rings. The van der Waals surface area contributed by atoms with E-state index in [9.17, 15) is 4.79 Å². The Labute approximate surface area is 184 Å². The minimum absolute atomic E-state index is 0.0975. The number of fused-ring (bicyclic) bond motifs is 1. The molecule has 1 aliphatic rings. The number of pyridine rings is 1. The number of carbonyl (C=O) groups is 1. The number of aromatic nitrogens is 3. The van der Waals surface area contributed by atoms with Crippen LogP contribution in [0.1, 0.15) is 31.8 Å². The van der Waals surface area contributed by atoms with Crippen molar-refractivity contribution in [3.8, 4) is 11.3 Å². The predicted molar refractivity (Wildman–Crippen MR) is 123 cm³/mol. The van der Waals surface area contributed by atoms with E-state index in [0.717, 1.165) is 66.2 Å². The van der Waals surface area contributed by atoms with Gasteiger partial charge in [0.2, 0.25) is 0 Å². The van der Waals surface area contributed by atoms with E-state index in [1.54, 1.807) is 0 Å². The van der Waals surface area contributed by atoms with Crippen molar-refractivity contribution in [2.75, 3.05) is 26.2 Å². The van der Waals surface area contributed by atoms with Crippen LogP contribution in [0.25, 0.3) is 22.0 Å². The van der Waals surface area contributed by atoms with Crippen LogP contribution in [0.15, 0.2) is 36.7 Å². The van der Waals surface area contributed by atoms with E-state index in [4.69, 9.17) is 4.74 Å². The Bertz CT molecular complexity index is 1070. The fourth-order valence-electron chi connectivity index (χ4n) is 4.25. The molecule has 0 spiro atoms. The summed E-state index contributed by atoms with van der Waals surface area (Å²) in [5.74, 6) is 1.37. The van der Waals surface area contributed by atoms with Crippen molar-refractivity contribution >= 4 is 16.6 Å². The highest BCUT2D eigenvalue weighted by Gasteiger charge is 2.28. The van der Waals surface area contributed by atoms with Gasteiger partial charge < -0.3 is 14.2 Å². The van der Waals surface area contributed by atoms with Crippen LogP contribution in [0.3, 0.4) is 0 Å². The summed E-state index contributed by atoms with van der Waals surface area (Å²) in [5, 5.41) is 2.18. The normalized spacial score (nSPS) is 17.1. The maximum atomic E-state index is 12.9. The second-order valence-electron chi connectivity index (χ2n) is 8.84. The highest BCUT2D eigenvalue weighted by Crippen LogP contribution is 2.25. The molecule has 0 amide bonds. The van der Waals surface area contributed by atoms with E-state index in [2.05, 4.69) is 43.7 Å². The van der Waals surface area contributed by atoms with E-state index in [1.807, 2.05) is 40.2 Å². The summed E-state index contributed by atoms with van der Waals surface area (Å²) in [4.78, 5) is 24.2. The highest BCUT2D eigenvalue weighted by molar-refractivity contribution is 5.88. The summed E-state index contributed by atoms with van der Waals surface area (Å²) in [7, 11) is 2.03. The smallest absolute Gasteiger partial charge is 0.143 e. The van der Waals surface area contributed by atoms with Crippen LogP contribution in [0, 0.1) is 12.8 Å². The van der Waals surface area contributed by atoms with Gasteiger partial charge in [-0.15, -0.1) is 0 Å². The predicted octanol–water partition coefficient (Wildman–Crippen LogP) is 3.80. The van der Waals surface area contributed by atoms with Gasteiger partial charge in [-0.2, -0.15) is 0 Å². The number of rotatable bonds is 8. The number of likely N-dealkylation sites (tertiary alicyclic amines) is 1. The van der Waals surface area contributed by atoms with Gasteiger partial charge in [0.1, 0.15) is 11.6 Å². The molecule has 3 heterocycles. The first kappa shape index (κ1) is 21.7. The number of aryl methyl sites for hydroxylation is 1.